The van der Waals surface area contributed by atoms with Crippen molar-refractivity contribution in [1.29, 1.82) is 0 Å². The maximum atomic E-state index is 12.2. The van der Waals surface area contributed by atoms with Crippen LogP contribution in [0.4, 0.5) is 0 Å². The molecule has 1 fully saturated rings. The summed E-state index contributed by atoms with van der Waals surface area (Å²) in [6, 6.07) is 5.89. The zero-order valence-corrected chi connectivity index (χ0v) is 12.9. The SMILES string of the molecule is C[C@H](NS(=O)(=O)Cc1ccc(C(=O)O)cc1)C1CCCC1. The van der Waals surface area contributed by atoms with Crippen molar-refractivity contribution in [2.75, 3.05) is 0 Å². The third-order valence-electron chi connectivity index (χ3n) is 4.03. The molecule has 0 unspecified atom stereocenters. The summed E-state index contributed by atoms with van der Waals surface area (Å²) in [5.41, 5.74) is 0.745. The van der Waals surface area contributed by atoms with E-state index in [2.05, 4.69) is 4.72 Å². The van der Waals surface area contributed by atoms with Crippen LogP contribution in [0.2, 0.25) is 0 Å². The monoisotopic (exact) mass is 311 g/mol. The molecule has 1 aromatic carbocycles. The van der Waals surface area contributed by atoms with Crippen molar-refractivity contribution in [3.63, 3.8) is 0 Å². The van der Waals surface area contributed by atoms with Gasteiger partial charge in [-0.05, 0) is 43.4 Å². The minimum atomic E-state index is -3.40. The number of carboxylic acid groups (broad SMARTS) is 1. The van der Waals surface area contributed by atoms with E-state index in [1.54, 1.807) is 12.1 Å². The van der Waals surface area contributed by atoms with Crippen molar-refractivity contribution in [3.8, 4) is 0 Å². The second kappa shape index (κ2) is 6.58. The summed E-state index contributed by atoms with van der Waals surface area (Å²) in [5, 5.41) is 8.82. The molecule has 1 atom stereocenters. The predicted octanol–water partition coefficient (Wildman–Crippen LogP) is 2.38. The lowest BCUT2D eigenvalue weighted by atomic mass is 10.0. The smallest absolute Gasteiger partial charge is 0.335 e. The van der Waals surface area contributed by atoms with Gasteiger partial charge >= 0.3 is 5.97 Å². The van der Waals surface area contributed by atoms with E-state index in [1.807, 2.05) is 6.92 Å². The fraction of sp³-hybridized carbons (Fsp3) is 0.533. The molecule has 1 aromatic rings. The van der Waals surface area contributed by atoms with Crippen molar-refractivity contribution < 1.29 is 18.3 Å². The molecule has 0 aromatic heterocycles. The number of aromatic carboxylic acids is 1. The summed E-state index contributed by atoms with van der Waals surface area (Å²) < 4.78 is 27.1. The largest absolute Gasteiger partial charge is 0.478 e. The topological polar surface area (TPSA) is 83.5 Å². The Morgan fingerprint density at radius 3 is 2.38 bits per heavy atom. The first-order chi connectivity index (χ1) is 9.87. The van der Waals surface area contributed by atoms with Gasteiger partial charge in [0.15, 0.2) is 0 Å². The van der Waals surface area contributed by atoms with E-state index in [0.29, 0.717) is 11.5 Å². The van der Waals surface area contributed by atoms with Gasteiger partial charge < -0.3 is 5.11 Å². The van der Waals surface area contributed by atoms with Crippen LogP contribution in [0.25, 0.3) is 0 Å². The molecule has 5 nitrogen and oxygen atoms in total. The maximum Gasteiger partial charge on any atom is 0.335 e. The van der Waals surface area contributed by atoms with Crippen LogP contribution in [0.1, 0.15) is 48.5 Å². The Balaban J connectivity index is 1.98. The van der Waals surface area contributed by atoms with Crippen LogP contribution >= 0.6 is 0 Å². The van der Waals surface area contributed by atoms with Gasteiger partial charge in [0.25, 0.3) is 0 Å². The fourth-order valence-electron chi connectivity index (χ4n) is 2.84. The highest BCUT2D eigenvalue weighted by molar-refractivity contribution is 7.88. The molecule has 0 aliphatic heterocycles. The van der Waals surface area contributed by atoms with Crippen molar-refractivity contribution >= 4 is 16.0 Å². The molecule has 1 aliphatic rings. The number of hydrogen-bond acceptors (Lipinski definition) is 3. The first kappa shape index (κ1) is 16.0. The van der Waals surface area contributed by atoms with Gasteiger partial charge in [-0.25, -0.2) is 17.9 Å². The molecule has 0 spiro atoms. The molecule has 2 rings (SSSR count). The lowest BCUT2D eigenvalue weighted by Crippen LogP contribution is -2.37. The quantitative estimate of drug-likeness (QED) is 0.845. The number of sulfonamides is 1. The molecule has 21 heavy (non-hydrogen) atoms. The summed E-state index contributed by atoms with van der Waals surface area (Å²) in [5.74, 6) is -0.712. The Labute approximate surface area is 125 Å². The summed E-state index contributed by atoms with van der Waals surface area (Å²) in [7, 11) is -3.40. The zero-order chi connectivity index (χ0) is 15.5. The summed E-state index contributed by atoms with van der Waals surface area (Å²) in [4.78, 5) is 10.8. The van der Waals surface area contributed by atoms with Gasteiger partial charge in [-0.2, -0.15) is 0 Å². The normalized spacial score (nSPS) is 17.8. The van der Waals surface area contributed by atoms with Gasteiger partial charge in [-0.3, -0.25) is 0 Å². The third-order valence-corrected chi connectivity index (χ3v) is 5.47. The molecule has 0 heterocycles. The standard InChI is InChI=1S/C15H21NO4S/c1-11(13-4-2-3-5-13)16-21(19,20)10-12-6-8-14(9-7-12)15(17)18/h6-9,11,13,16H,2-5,10H2,1H3,(H,17,18)/t11-/m0/s1. The van der Waals surface area contributed by atoms with Crippen LogP contribution in [-0.2, 0) is 15.8 Å². The highest BCUT2D eigenvalue weighted by atomic mass is 32.2. The van der Waals surface area contributed by atoms with Crippen molar-refractivity contribution in [2.45, 2.75) is 44.4 Å². The van der Waals surface area contributed by atoms with Crippen LogP contribution in [0.15, 0.2) is 24.3 Å². The molecule has 0 saturated heterocycles. The number of rotatable bonds is 6. The minimum Gasteiger partial charge on any atom is -0.478 e. The van der Waals surface area contributed by atoms with Gasteiger partial charge in [0, 0.05) is 6.04 Å². The predicted molar refractivity (Wildman–Crippen MR) is 80.6 cm³/mol. The minimum absolute atomic E-state index is 0.0456. The Kier molecular flexibility index (Phi) is 5.00. The number of hydrogen-bond donors (Lipinski definition) is 2. The van der Waals surface area contributed by atoms with E-state index in [9.17, 15) is 13.2 Å². The Morgan fingerprint density at radius 2 is 1.86 bits per heavy atom. The van der Waals surface area contributed by atoms with Crippen molar-refractivity contribution in [1.82, 2.24) is 4.72 Å². The molecule has 0 radical (unpaired) electrons. The van der Waals surface area contributed by atoms with Crippen LogP contribution in [0, 0.1) is 5.92 Å². The molecular weight excluding hydrogens is 290 g/mol. The van der Waals surface area contributed by atoms with Gasteiger partial charge in [-0.15, -0.1) is 0 Å². The number of carboxylic acids is 1. The summed E-state index contributed by atoms with van der Waals surface area (Å²) in [6.07, 6.45) is 4.51. The highest BCUT2D eigenvalue weighted by Crippen LogP contribution is 2.28. The third kappa shape index (κ3) is 4.54. The molecule has 0 bridgehead atoms. The van der Waals surface area contributed by atoms with Gasteiger partial charge in [0.05, 0.1) is 11.3 Å². The molecule has 0 amide bonds. The second-order valence-electron chi connectivity index (χ2n) is 5.71. The lowest BCUT2D eigenvalue weighted by Gasteiger charge is -2.20. The number of carbonyl (C=O) groups is 1. The van der Waals surface area contributed by atoms with E-state index in [0.717, 1.165) is 12.8 Å². The van der Waals surface area contributed by atoms with Crippen LogP contribution in [0.3, 0.4) is 0 Å². The molecular formula is C15H21NO4S. The van der Waals surface area contributed by atoms with E-state index in [-0.39, 0.29) is 17.4 Å². The molecule has 1 saturated carbocycles. The van der Waals surface area contributed by atoms with Gasteiger partial charge in [-0.1, -0.05) is 25.0 Å². The Bertz CT molecular complexity index is 589. The fourth-order valence-corrected chi connectivity index (χ4v) is 4.31. The highest BCUT2D eigenvalue weighted by Gasteiger charge is 2.25. The van der Waals surface area contributed by atoms with Gasteiger partial charge in [0.2, 0.25) is 10.0 Å². The van der Waals surface area contributed by atoms with Crippen molar-refractivity contribution in [2.24, 2.45) is 5.92 Å². The lowest BCUT2D eigenvalue weighted by molar-refractivity contribution is 0.0697. The summed E-state index contributed by atoms with van der Waals surface area (Å²) >= 11 is 0. The number of benzene rings is 1. The first-order valence-electron chi connectivity index (χ1n) is 7.19. The summed E-state index contributed by atoms with van der Waals surface area (Å²) in [6.45, 7) is 1.92. The first-order valence-corrected chi connectivity index (χ1v) is 8.85. The molecule has 116 valence electrons. The van der Waals surface area contributed by atoms with E-state index in [4.69, 9.17) is 5.11 Å². The van der Waals surface area contributed by atoms with Crippen LogP contribution in [-0.4, -0.2) is 25.5 Å². The average molecular weight is 311 g/mol. The molecule has 1 aliphatic carbocycles. The average Bonchev–Trinajstić information content (AvgIpc) is 2.92. The Morgan fingerprint density at radius 1 is 1.29 bits per heavy atom. The maximum absolute atomic E-state index is 12.2. The van der Waals surface area contributed by atoms with Crippen LogP contribution < -0.4 is 4.72 Å². The van der Waals surface area contributed by atoms with E-state index < -0.39 is 16.0 Å². The number of nitrogens with one attached hydrogen (secondary N) is 1. The Hall–Kier alpha value is -1.40. The zero-order valence-electron chi connectivity index (χ0n) is 12.1. The second-order valence-corrected chi connectivity index (χ2v) is 7.47. The van der Waals surface area contributed by atoms with Crippen molar-refractivity contribution in [3.05, 3.63) is 35.4 Å². The molecule has 2 N–H and O–H groups in total. The van der Waals surface area contributed by atoms with Crippen LogP contribution in [0.5, 0.6) is 0 Å². The van der Waals surface area contributed by atoms with E-state index >= 15 is 0 Å². The van der Waals surface area contributed by atoms with Gasteiger partial charge in [0.1, 0.15) is 0 Å². The van der Waals surface area contributed by atoms with E-state index in [1.165, 1.54) is 25.0 Å². The molecule has 6 heteroatoms.